The van der Waals surface area contributed by atoms with E-state index in [1.165, 1.54) is 21.5 Å². The van der Waals surface area contributed by atoms with Crippen molar-refractivity contribution in [1.82, 2.24) is 15.0 Å². The molecule has 13 aromatic rings. The van der Waals surface area contributed by atoms with Crippen molar-refractivity contribution < 1.29 is 20.4 Å². The van der Waals surface area contributed by atoms with Crippen molar-refractivity contribution >= 4 is 87.0 Å². The molecule has 0 spiro atoms. The molecule has 0 unspecified atom stereocenters. The summed E-state index contributed by atoms with van der Waals surface area (Å²) in [6, 6.07) is 78.1. The molecular formula is C60H36N3Pd-. The molecule has 302 valence electrons. The van der Waals surface area contributed by atoms with E-state index in [4.69, 9.17) is 15.0 Å². The van der Waals surface area contributed by atoms with Gasteiger partial charge in [-0.05, 0) is 54.9 Å². The first kappa shape index (κ1) is 38.0. The zero-order chi connectivity index (χ0) is 41.4. The molecule has 3 heterocycles. The van der Waals surface area contributed by atoms with Crippen LogP contribution in [0, 0.1) is 0 Å². The van der Waals surface area contributed by atoms with Gasteiger partial charge in [0.2, 0.25) is 0 Å². The van der Waals surface area contributed by atoms with Gasteiger partial charge in [0, 0.05) is 63.9 Å². The standard InChI is InChI=1S/C60H36N3.Pd/c1-5-21-37(22-6-1)49-53-41-29-13-14-30-42(41)54(53)50(38-23-7-2-8-24-38)56-44-32-16-18-34-46(44)58(62-56)52(40-27-11-4-12-28-40)60-48-36-20-19-35-47(48)59(63-60)51(39-25-9-3-10-26-39)57-45-33-17-15-31-43(45)55(49)61-57;/h1-36H;/q-1;. The molecule has 10 aromatic carbocycles. The number of hydrogen-bond acceptors (Lipinski definition) is 2. The van der Waals surface area contributed by atoms with Crippen molar-refractivity contribution in [2.24, 2.45) is 0 Å². The minimum absolute atomic E-state index is 0. The first-order valence-corrected chi connectivity index (χ1v) is 21.5. The Morgan fingerprint density at radius 2 is 0.469 bits per heavy atom. The smallest absolute Gasteiger partial charge is 0.0801 e. The van der Waals surface area contributed by atoms with Crippen LogP contribution in [0.15, 0.2) is 218 Å². The summed E-state index contributed by atoms with van der Waals surface area (Å²) < 4.78 is 0. The van der Waals surface area contributed by atoms with Gasteiger partial charge < -0.3 is 4.98 Å². The number of rotatable bonds is 4. The number of nitrogens with zero attached hydrogens (tertiary/aromatic N) is 3. The summed E-state index contributed by atoms with van der Waals surface area (Å²) in [4.78, 5) is 17.7. The van der Waals surface area contributed by atoms with E-state index < -0.39 is 0 Å². The summed E-state index contributed by atoms with van der Waals surface area (Å²) in [5, 5.41) is 11.2. The Morgan fingerprint density at radius 1 is 0.234 bits per heavy atom. The van der Waals surface area contributed by atoms with Crippen molar-refractivity contribution in [2.45, 2.75) is 0 Å². The zero-order valence-electron chi connectivity index (χ0n) is 34.4. The average Bonchev–Trinajstić information content (AvgIpc) is 4.04. The molecule has 6 bridgehead atoms. The molecular weight excluding hydrogens is 869 g/mol. The van der Waals surface area contributed by atoms with Crippen LogP contribution in [0.4, 0.5) is 0 Å². The fourth-order valence-corrected chi connectivity index (χ4v) is 10.2. The third-order valence-corrected chi connectivity index (χ3v) is 12.9. The second-order valence-electron chi connectivity index (χ2n) is 16.3. The third kappa shape index (κ3) is 5.71. The van der Waals surface area contributed by atoms with Gasteiger partial charge in [-0.25, -0.2) is 9.97 Å². The molecule has 3 nitrogen and oxygen atoms in total. The van der Waals surface area contributed by atoms with Gasteiger partial charge in [-0.15, -0.1) is 11.0 Å². The fraction of sp³-hybridized carbons (Fsp3) is 0. The van der Waals surface area contributed by atoms with Gasteiger partial charge in [0.1, 0.15) is 0 Å². The molecule has 0 N–H and O–H groups in total. The number of aromatic nitrogens is 3. The van der Waals surface area contributed by atoms with E-state index in [0.29, 0.717) is 0 Å². The molecule has 3 aromatic heterocycles. The summed E-state index contributed by atoms with van der Waals surface area (Å²) in [5.41, 5.74) is 14.0. The van der Waals surface area contributed by atoms with Gasteiger partial charge in [0.05, 0.1) is 22.1 Å². The van der Waals surface area contributed by atoms with Crippen LogP contribution in [0.5, 0.6) is 0 Å². The van der Waals surface area contributed by atoms with E-state index >= 15 is 0 Å². The molecule has 0 aliphatic rings. The van der Waals surface area contributed by atoms with Gasteiger partial charge in [-0.2, -0.15) is 0 Å². The Bertz CT molecular complexity index is 3740. The summed E-state index contributed by atoms with van der Waals surface area (Å²) in [6.45, 7) is 0. The van der Waals surface area contributed by atoms with E-state index in [1.807, 2.05) is 0 Å². The molecule has 64 heavy (non-hydrogen) atoms. The average molecular weight is 905 g/mol. The van der Waals surface area contributed by atoms with Crippen molar-refractivity contribution in [3.8, 4) is 44.5 Å². The predicted octanol–water partition coefficient (Wildman–Crippen LogP) is 15.9. The normalized spacial score (nSPS) is 11.6. The second kappa shape index (κ2) is 15.3. The van der Waals surface area contributed by atoms with Gasteiger partial charge in [-0.1, -0.05) is 218 Å². The molecule has 0 saturated heterocycles. The molecule has 13 rings (SSSR count). The topological polar surface area (TPSA) is 39.9 Å². The second-order valence-corrected chi connectivity index (χ2v) is 16.3. The van der Waals surface area contributed by atoms with Crippen molar-refractivity contribution in [2.75, 3.05) is 0 Å². The van der Waals surface area contributed by atoms with Crippen LogP contribution in [0.1, 0.15) is 0 Å². The van der Waals surface area contributed by atoms with Crippen molar-refractivity contribution in [1.29, 1.82) is 0 Å². The Morgan fingerprint density at radius 3 is 0.781 bits per heavy atom. The number of benzene rings is 8. The predicted molar refractivity (Wildman–Crippen MR) is 266 cm³/mol. The zero-order valence-corrected chi connectivity index (χ0v) is 36.0. The maximum Gasteiger partial charge on any atom is 0.0801 e. The molecule has 0 saturated carbocycles. The Kier molecular flexibility index (Phi) is 9.06. The first-order chi connectivity index (χ1) is 31.3. The van der Waals surface area contributed by atoms with E-state index in [1.54, 1.807) is 0 Å². The summed E-state index contributed by atoms with van der Waals surface area (Å²) >= 11 is 0. The largest absolute Gasteiger partial charge is 0.656 e. The van der Waals surface area contributed by atoms with Gasteiger partial charge >= 0.3 is 0 Å². The van der Waals surface area contributed by atoms with Crippen LogP contribution >= 0.6 is 0 Å². The molecule has 0 atom stereocenters. The first-order valence-electron chi connectivity index (χ1n) is 21.5. The summed E-state index contributed by atoms with van der Waals surface area (Å²) in [5.74, 6) is 0. The molecule has 0 amide bonds. The minimum atomic E-state index is 0. The third-order valence-electron chi connectivity index (χ3n) is 12.9. The Balaban J connectivity index is 0.00000433. The Hall–Kier alpha value is -7.74. The van der Waals surface area contributed by atoms with E-state index in [0.717, 1.165) is 110 Å². The van der Waals surface area contributed by atoms with Crippen LogP contribution in [0.2, 0.25) is 0 Å². The van der Waals surface area contributed by atoms with E-state index in [-0.39, 0.29) is 20.4 Å². The quantitative estimate of drug-likeness (QED) is 0.165. The van der Waals surface area contributed by atoms with Crippen LogP contribution in [-0.2, 0) is 20.4 Å². The van der Waals surface area contributed by atoms with Crippen LogP contribution < -0.4 is 4.98 Å². The molecule has 0 radical (unpaired) electrons. The molecule has 4 heteroatoms. The monoisotopic (exact) mass is 904 g/mol. The minimum Gasteiger partial charge on any atom is -0.656 e. The van der Waals surface area contributed by atoms with Gasteiger partial charge in [-0.3, -0.25) is 0 Å². The molecule has 0 fully saturated rings. The molecule has 0 aliphatic carbocycles. The van der Waals surface area contributed by atoms with Crippen LogP contribution in [0.3, 0.4) is 0 Å². The maximum absolute atomic E-state index is 5.91. The number of fused-ring (bicyclic) bond motifs is 4. The summed E-state index contributed by atoms with van der Waals surface area (Å²) in [7, 11) is 0. The molecule has 0 aliphatic heterocycles. The maximum atomic E-state index is 5.91. The van der Waals surface area contributed by atoms with Crippen molar-refractivity contribution in [3.63, 3.8) is 0 Å². The Labute approximate surface area is 383 Å². The SMILES string of the molecule is [Pd].c1ccc(-c2c3nc(c(-c4ccccc4)c4c5ccccc5c4c(-c4ccccc4)c4nc(c(-c5ccccc5)c5[n-]c2c2ccccc52)c2ccccc42)c2ccccc32)cc1. The van der Waals surface area contributed by atoms with E-state index in [9.17, 15) is 0 Å². The van der Waals surface area contributed by atoms with Gasteiger partial charge in [0.15, 0.2) is 0 Å². The van der Waals surface area contributed by atoms with Crippen LogP contribution in [0.25, 0.3) is 131 Å². The van der Waals surface area contributed by atoms with Gasteiger partial charge in [0.25, 0.3) is 0 Å². The summed E-state index contributed by atoms with van der Waals surface area (Å²) in [6.07, 6.45) is 0. The van der Waals surface area contributed by atoms with Crippen molar-refractivity contribution in [3.05, 3.63) is 218 Å². The fourth-order valence-electron chi connectivity index (χ4n) is 10.2. The number of hydrogen-bond donors (Lipinski definition) is 0. The van der Waals surface area contributed by atoms with E-state index in [2.05, 4.69) is 218 Å². The van der Waals surface area contributed by atoms with Crippen LogP contribution in [-0.4, -0.2) is 9.97 Å².